The van der Waals surface area contributed by atoms with Crippen molar-refractivity contribution >= 4 is 11.8 Å². The minimum atomic E-state index is -0.266. The van der Waals surface area contributed by atoms with Gasteiger partial charge in [0.05, 0.1) is 6.54 Å². The Morgan fingerprint density at radius 1 is 1.50 bits per heavy atom. The lowest BCUT2D eigenvalue weighted by Gasteiger charge is -2.01. The summed E-state index contributed by atoms with van der Waals surface area (Å²) >= 11 is 0. The fourth-order valence-corrected chi connectivity index (χ4v) is 0.388. The van der Waals surface area contributed by atoms with E-state index in [1.165, 1.54) is 6.92 Å². The van der Waals surface area contributed by atoms with Gasteiger partial charge in [0, 0.05) is 18.3 Å². The first kappa shape index (κ1) is 8.90. The third-order valence-electron chi connectivity index (χ3n) is 0.762. The van der Waals surface area contributed by atoms with Gasteiger partial charge in [-0.2, -0.15) is 0 Å². The quantitative estimate of drug-likeness (QED) is 0.458. The van der Waals surface area contributed by atoms with Crippen LogP contribution in [0.15, 0.2) is 0 Å². The summed E-state index contributed by atoms with van der Waals surface area (Å²) in [7, 11) is 1.58. The van der Waals surface area contributed by atoms with Crippen LogP contribution in [0.2, 0.25) is 0 Å². The van der Waals surface area contributed by atoms with E-state index >= 15 is 0 Å². The zero-order chi connectivity index (χ0) is 7.98. The zero-order valence-corrected chi connectivity index (χ0v) is 6.02. The van der Waals surface area contributed by atoms with E-state index < -0.39 is 0 Å². The monoisotopic (exact) mass is 151 g/mol. The first-order chi connectivity index (χ1) is 4.66. The first-order valence-corrected chi connectivity index (χ1v) is 2.87. The van der Waals surface area contributed by atoms with E-state index in [0.29, 0.717) is 0 Å². The normalized spacial score (nSPS) is 8.60. The summed E-state index contributed by atoms with van der Waals surface area (Å²) in [4.78, 5) is 20.8. The molecule has 0 unspecified atom stereocenters. The second kappa shape index (κ2) is 4.75. The summed E-state index contributed by atoms with van der Waals surface area (Å²) in [5, 5.41) is 2.34. The number of amides is 2. The lowest BCUT2D eigenvalue weighted by molar-refractivity contribution is -0.125. The molecule has 0 aromatic carbocycles. The van der Waals surface area contributed by atoms with Gasteiger partial charge in [0.25, 0.3) is 5.91 Å². The maximum absolute atomic E-state index is 10.6. The number of hydrogen-bond acceptors (Lipinski definition) is 3. The molecule has 5 nitrogen and oxygen atoms in total. The van der Waals surface area contributed by atoms with E-state index in [1.807, 2.05) is 0 Å². The SMILES string of the molecule is CNNC(=O)CNC(C)=O.[HH].[HH].[HH]. The second-order valence-electron chi connectivity index (χ2n) is 1.71. The largest absolute Gasteiger partial charge is 0.347 e. The highest BCUT2D eigenvalue weighted by Crippen LogP contribution is 1.61. The molecule has 0 atom stereocenters. The molecule has 0 aromatic heterocycles. The Balaban J connectivity index is -0.000000135. The third kappa shape index (κ3) is 5.04. The number of carbonyl (C=O) groups is 2. The molecule has 0 bridgehead atoms. The Hall–Kier alpha value is -1.10. The van der Waals surface area contributed by atoms with Crippen molar-refractivity contribution in [2.75, 3.05) is 13.6 Å². The van der Waals surface area contributed by atoms with Crippen LogP contribution in [0.5, 0.6) is 0 Å². The minimum Gasteiger partial charge on any atom is -0.347 e. The van der Waals surface area contributed by atoms with Crippen LogP contribution in [0, 0.1) is 0 Å². The Morgan fingerprint density at radius 2 is 2.10 bits per heavy atom. The minimum absolute atomic E-state index is 0. The van der Waals surface area contributed by atoms with Crippen molar-refractivity contribution in [3.8, 4) is 0 Å². The number of carbonyl (C=O) groups excluding carboxylic acids is 2. The standard InChI is InChI=1S/C5H11N3O2.3H2/c1-4(9)7-3-5(10)8-6-2;;;/h6H,3H2,1-2H3,(H,7,9)(H,8,10);3*1H. The van der Waals surface area contributed by atoms with Crippen molar-refractivity contribution < 1.29 is 13.9 Å². The van der Waals surface area contributed by atoms with Crippen molar-refractivity contribution in [1.29, 1.82) is 0 Å². The molecular formula is C5H17N3O2. The Kier molecular flexibility index (Phi) is 4.23. The average Bonchev–Trinajstić information content (AvgIpc) is 1.85. The van der Waals surface area contributed by atoms with Crippen molar-refractivity contribution in [1.82, 2.24) is 16.2 Å². The van der Waals surface area contributed by atoms with E-state index in [4.69, 9.17) is 0 Å². The van der Waals surface area contributed by atoms with Gasteiger partial charge >= 0.3 is 0 Å². The summed E-state index contributed by atoms with van der Waals surface area (Å²) in [6, 6.07) is 0. The number of hydrazine groups is 1. The highest BCUT2D eigenvalue weighted by Gasteiger charge is 1.97. The van der Waals surface area contributed by atoms with Crippen molar-refractivity contribution in [2.45, 2.75) is 6.92 Å². The second-order valence-corrected chi connectivity index (χ2v) is 1.71. The van der Waals surface area contributed by atoms with Crippen LogP contribution in [0.3, 0.4) is 0 Å². The average molecular weight is 151 g/mol. The van der Waals surface area contributed by atoms with Crippen LogP contribution in [-0.4, -0.2) is 25.4 Å². The summed E-state index contributed by atoms with van der Waals surface area (Å²) < 4.78 is 0. The van der Waals surface area contributed by atoms with Gasteiger partial charge in [-0.1, -0.05) is 0 Å². The van der Waals surface area contributed by atoms with Gasteiger partial charge in [-0.05, 0) is 0 Å². The molecule has 0 heterocycles. The summed E-state index contributed by atoms with van der Waals surface area (Å²) in [6.07, 6.45) is 0. The third-order valence-corrected chi connectivity index (χ3v) is 0.762. The Labute approximate surface area is 63.6 Å². The molecule has 0 saturated carbocycles. The van der Waals surface area contributed by atoms with Gasteiger partial charge in [0.1, 0.15) is 0 Å². The van der Waals surface area contributed by atoms with E-state index in [1.54, 1.807) is 7.05 Å². The lowest BCUT2D eigenvalue weighted by Crippen LogP contribution is -2.41. The molecule has 0 aromatic rings. The van der Waals surface area contributed by atoms with Crippen molar-refractivity contribution in [3.05, 3.63) is 0 Å². The van der Waals surface area contributed by atoms with Crippen molar-refractivity contribution in [2.24, 2.45) is 0 Å². The van der Waals surface area contributed by atoms with Gasteiger partial charge in [-0.3, -0.25) is 15.0 Å². The molecule has 0 fully saturated rings. The number of rotatable bonds is 3. The predicted molar refractivity (Wildman–Crippen MR) is 42.2 cm³/mol. The highest BCUT2D eigenvalue weighted by molar-refractivity contribution is 5.83. The van der Waals surface area contributed by atoms with E-state index in [2.05, 4.69) is 16.2 Å². The van der Waals surface area contributed by atoms with Crippen LogP contribution in [-0.2, 0) is 9.59 Å². The van der Waals surface area contributed by atoms with Crippen LogP contribution in [0.4, 0.5) is 0 Å². The fraction of sp³-hybridized carbons (Fsp3) is 0.600. The fourth-order valence-electron chi connectivity index (χ4n) is 0.388. The van der Waals surface area contributed by atoms with Crippen LogP contribution in [0.1, 0.15) is 11.2 Å². The van der Waals surface area contributed by atoms with Gasteiger partial charge in [-0.15, -0.1) is 0 Å². The van der Waals surface area contributed by atoms with Gasteiger partial charge in [0.15, 0.2) is 0 Å². The Morgan fingerprint density at radius 3 is 2.50 bits per heavy atom. The Bertz CT molecular complexity index is 145. The van der Waals surface area contributed by atoms with E-state index in [-0.39, 0.29) is 22.6 Å². The van der Waals surface area contributed by atoms with Gasteiger partial charge in [-0.25, -0.2) is 5.43 Å². The maximum Gasteiger partial charge on any atom is 0.253 e. The van der Waals surface area contributed by atoms with Crippen LogP contribution < -0.4 is 16.2 Å². The molecule has 0 saturated heterocycles. The summed E-state index contributed by atoms with van der Waals surface area (Å²) in [5.74, 6) is -0.482. The molecule has 10 heavy (non-hydrogen) atoms. The van der Waals surface area contributed by atoms with Gasteiger partial charge in [0.2, 0.25) is 5.91 Å². The highest BCUT2D eigenvalue weighted by atomic mass is 16.2. The molecule has 5 heteroatoms. The summed E-state index contributed by atoms with van der Waals surface area (Å²) in [5.41, 5.74) is 4.74. The molecular weight excluding hydrogens is 134 g/mol. The number of hydrogen-bond donors (Lipinski definition) is 3. The molecule has 0 radical (unpaired) electrons. The smallest absolute Gasteiger partial charge is 0.253 e. The number of nitrogens with one attached hydrogen (secondary N) is 3. The topological polar surface area (TPSA) is 70.2 Å². The first-order valence-electron chi connectivity index (χ1n) is 2.87. The molecule has 0 spiro atoms. The van der Waals surface area contributed by atoms with Crippen LogP contribution >= 0.6 is 0 Å². The molecule has 0 aliphatic carbocycles. The molecule has 0 aliphatic heterocycles. The molecule has 3 N–H and O–H groups in total. The van der Waals surface area contributed by atoms with E-state index in [9.17, 15) is 9.59 Å². The van der Waals surface area contributed by atoms with Crippen LogP contribution in [0.25, 0.3) is 0 Å². The van der Waals surface area contributed by atoms with E-state index in [0.717, 1.165) is 0 Å². The molecule has 0 aliphatic rings. The maximum atomic E-state index is 10.6. The summed E-state index contributed by atoms with van der Waals surface area (Å²) in [6.45, 7) is 1.36. The molecule has 0 rings (SSSR count). The van der Waals surface area contributed by atoms with Crippen molar-refractivity contribution in [3.63, 3.8) is 0 Å². The predicted octanol–water partition coefficient (Wildman–Crippen LogP) is -0.889. The lowest BCUT2D eigenvalue weighted by atomic mass is 10.6. The van der Waals surface area contributed by atoms with Gasteiger partial charge < -0.3 is 5.32 Å². The molecule has 2 amide bonds. The zero-order valence-electron chi connectivity index (χ0n) is 6.02. The molecule has 64 valence electrons.